The predicted molar refractivity (Wildman–Crippen MR) is 61.9 cm³/mol. The fourth-order valence-corrected chi connectivity index (χ4v) is 4.87. The second-order valence-corrected chi connectivity index (χ2v) is 7.49. The maximum absolute atomic E-state index is 12.6. The van der Waals surface area contributed by atoms with E-state index in [4.69, 9.17) is 0 Å². The fourth-order valence-electron chi connectivity index (χ4n) is 2.33. The van der Waals surface area contributed by atoms with Gasteiger partial charge in [0.05, 0.1) is 0 Å². The molecule has 0 saturated heterocycles. The third kappa shape index (κ3) is 1.79. The van der Waals surface area contributed by atoms with Crippen molar-refractivity contribution >= 4 is 12.4 Å². The molecule has 1 fully saturated rings. The molecule has 1 aliphatic carbocycles. The zero-order valence-corrected chi connectivity index (χ0v) is 9.54. The van der Waals surface area contributed by atoms with Crippen molar-refractivity contribution in [1.82, 2.24) is 0 Å². The SMILES string of the molecule is CP(=O)(c1ccccc1)C1CCCC1. The molecule has 2 rings (SSSR count). The van der Waals surface area contributed by atoms with Gasteiger partial charge in [0.25, 0.3) is 0 Å². The van der Waals surface area contributed by atoms with Crippen molar-refractivity contribution in [2.45, 2.75) is 31.3 Å². The first kappa shape index (κ1) is 9.98. The molecule has 1 nitrogen and oxygen atoms in total. The standard InChI is InChI=1S/C12H17OP/c1-14(13,12-9-5-6-10-12)11-7-3-2-4-8-11/h2-4,7-8,12H,5-6,9-10H2,1H3. The van der Waals surface area contributed by atoms with Crippen molar-refractivity contribution in [1.29, 1.82) is 0 Å². The van der Waals surface area contributed by atoms with Crippen LogP contribution in [0.4, 0.5) is 0 Å². The van der Waals surface area contributed by atoms with Gasteiger partial charge in [0.15, 0.2) is 0 Å². The van der Waals surface area contributed by atoms with Gasteiger partial charge in [-0.25, -0.2) is 0 Å². The fraction of sp³-hybridized carbons (Fsp3) is 0.500. The van der Waals surface area contributed by atoms with E-state index in [2.05, 4.69) is 0 Å². The average Bonchev–Trinajstić information content (AvgIpc) is 2.72. The zero-order valence-electron chi connectivity index (χ0n) is 8.65. The lowest BCUT2D eigenvalue weighted by Crippen LogP contribution is -2.13. The Kier molecular flexibility index (Phi) is 2.78. The van der Waals surface area contributed by atoms with Crippen LogP contribution in [0.3, 0.4) is 0 Å². The Bertz CT molecular complexity index is 339. The molecule has 2 heteroatoms. The quantitative estimate of drug-likeness (QED) is 0.682. The summed E-state index contributed by atoms with van der Waals surface area (Å²) in [7, 11) is -2.09. The smallest absolute Gasteiger partial charge is 0.115 e. The van der Waals surface area contributed by atoms with E-state index in [1.807, 2.05) is 37.0 Å². The van der Waals surface area contributed by atoms with Gasteiger partial charge in [0, 0.05) is 11.0 Å². The van der Waals surface area contributed by atoms with Gasteiger partial charge in [-0.3, -0.25) is 0 Å². The van der Waals surface area contributed by atoms with E-state index in [9.17, 15) is 4.57 Å². The van der Waals surface area contributed by atoms with Gasteiger partial charge < -0.3 is 4.57 Å². The lowest BCUT2D eigenvalue weighted by molar-refractivity contribution is 0.574. The highest BCUT2D eigenvalue weighted by atomic mass is 31.2. The van der Waals surface area contributed by atoms with Crippen LogP contribution in [0.5, 0.6) is 0 Å². The van der Waals surface area contributed by atoms with Crippen LogP contribution < -0.4 is 5.30 Å². The Hall–Kier alpha value is -0.550. The molecule has 14 heavy (non-hydrogen) atoms. The van der Waals surface area contributed by atoms with Gasteiger partial charge >= 0.3 is 0 Å². The van der Waals surface area contributed by atoms with Crippen molar-refractivity contribution in [3.63, 3.8) is 0 Å². The Morgan fingerprint density at radius 1 is 1.14 bits per heavy atom. The molecule has 1 aromatic rings. The minimum absolute atomic E-state index is 0.449. The van der Waals surface area contributed by atoms with E-state index in [1.165, 1.54) is 12.8 Å². The Morgan fingerprint density at radius 3 is 2.29 bits per heavy atom. The summed E-state index contributed by atoms with van der Waals surface area (Å²) in [5.74, 6) is 0. The van der Waals surface area contributed by atoms with E-state index in [0.29, 0.717) is 5.66 Å². The van der Waals surface area contributed by atoms with E-state index in [-0.39, 0.29) is 0 Å². The Labute approximate surface area is 85.9 Å². The van der Waals surface area contributed by atoms with Gasteiger partial charge in [-0.15, -0.1) is 0 Å². The summed E-state index contributed by atoms with van der Waals surface area (Å²) in [6.07, 6.45) is 4.83. The molecule has 0 spiro atoms. The topological polar surface area (TPSA) is 17.1 Å². The largest absolute Gasteiger partial charge is 0.319 e. The summed E-state index contributed by atoms with van der Waals surface area (Å²) in [6, 6.07) is 9.98. The number of rotatable bonds is 2. The molecular formula is C12H17OP. The van der Waals surface area contributed by atoms with E-state index in [1.54, 1.807) is 0 Å². The monoisotopic (exact) mass is 208 g/mol. The summed E-state index contributed by atoms with van der Waals surface area (Å²) in [4.78, 5) is 0. The molecule has 0 bridgehead atoms. The summed E-state index contributed by atoms with van der Waals surface area (Å²) in [5.41, 5.74) is 0.449. The van der Waals surface area contributed by atoms with Crippen molar-refractivity contribution in [3.8, 4) is 0 Å². The number of benzene rings is 1. The van der Waals surface area contributed by atoms with Crippen LogP contribution in [0, 0.1) is 0 Å². The van der Waals surface area contributed by atoms with Crippen LogP contribution in [0.25, 0.3) is 0 Å². The van der Waals surface area contributed by atoms with Crippen molar-refractivity contribution in [2.24, 2.45) is 0 Å². The maximum Gasteiger partial charge on any atom is 0.115 e. The minimum atomic E-state index is -2.09. The normalized spacial score (nSPS) is 22.1. The average molecular weight is 208 g/mol. The van der Waals surface area contributed by atoms with Crippen LogP contribution >= 0.6 is 7.14 Å². The predicted octanol–water partition coefficient (Wildman–Crippen LogP) is 3.25. The molecule has 0 radical (unpaired) electrons. The van der Waals surface area contributed by atoms with Crippen LogP contribution in [-0.2, 0) is 4.57 Å². The number of hydrogen-bond acceptors (Lipinski definition) is 1. The highest BCUT2D eigenvalue weighted by Gasteiger charge is 2.31. The summed E-state index contributed by atoms with van der Waals surface area (Å²) >= 11 is 0. The lowest BCUT2D eigenvalue weighted by Gasteiger charge is -2.20. The van der Waals surface area contributed by atoms with Crippen LogP contribution in [0.2, 0.25) is 0 Å². The number of hydrogen-bond donors (Lipinski definition) is 0. The molecule has 1 atom stereocenters. The van der Waals surface area contributed by atoms with Gasteiger partial charge in [-0.05, 0) is 19.5 Å². The molecule has 0 aromatic heterocycles. The third-order valence-corrected chi connectivity index (χ3v) is 6.52. The van der Waals surface area contributed by atoms with Gasteiger partial charge in [0.1, 0.15) is 7.14 Å². The molecule has 76 valence electrons. The molecule has 1 aliphatic rings. The molecular weight excluding hydrogens is 191 g/mol. The molecule has 1 saturated carbocycles. The minimum Gasteiger partial charge on any atom is -0.319 e. The molecule has 0 N–H and O–H groups in total. The third-order valence-electron chi connectivity index (χ3n) is 3.29. The first-order valence-corrected chi connectivity index (χ1v) is 7.56. The Morgan fingerprint density at radius 2 is 1.71 bits per heavy atom. The maximum atomic E-state index is 12.6. The van der Waals surface area contributed by atoms with Crippen molar-refractivity contribution < 1.29 is 4.57 Å². The molecule has 1 unspecified atom stereocenters. The Balaban J connectivity index is 2.28. The molecule has 0 heterocycles. The first-order valence-electron chi connectivity index (χ1n) is 5.34. The highest BCUT2D eigenvalue weighted by molar-refractivity contribution is 7.71. The summed E-state index contributed by atoms with van der Waals surface area (Å²) in [6.45, 7) is 1.96. The van der Waals surface area contributed by atoms with E-state index < -0.39 is 7.14 Å². The second-order valence-electron chi connectivity index (χ2n) is 4.26. The van der Waals surface area contributed by atoms with E-state index >= 15 is 0 Å². The van der Waals surface area contributed by atoms with Crippen LogP contribution in [-0.4, -0.2) is 12.3 Å². The van der Waals surface area contributed by atoms with Crippen molar-refractivity contribution in [2.75, 3.05) is 6.66 Å². The zero-order chi connectivity index (χ0) is 10.0. The molecule has 0 amide bonds. The lowest BCUT2D eigenvalue weighted by atomic mass is 10.4. The molecule has 1 aromatic carbocycles. The van der Waals surface area contributed by atoms with Gasteiger partial charge in [-0.1, -0.05) is 43.2 Å². The van der Waals surface area contributed by atoms with Crippen molar-refractivity contribution in [3.05, 3.63) is 30.3 Å². The van der Waals surface area contributed by atoms with E-state index in [0.717, 1.165) is 18.1 Å². The van der Waals surface area contributed by atoms with Crippen LogP contribution in [0.1, 0.15) is 25.7 Å². The van der Waals surface area contributed by atoms with Gasteiger partial charge in [0.2, 0.25) is 0 Å². The summed E-state index contributed by atoms with van der Waals surface area (Å²) in [5, 5.41) is 1.06. The second kappa shape index (κ2) is 3.90. The van der Waals surface area contributed by atoms with Crippen LogP contribution in [0.15, 0.2) is 30.3 Å². The summed E-state index contributed by atoms with van der Waals surface area (Å²) < 4.78 is 12.6. The van der Waals surface area contributed by atoms with Gasteiger partial charge in [-0.2, -0.15) is 0 Å². The first-order chi connectivity index (χ1) is 6.71. The molecule has 0 aliphatic heterocycles. The highest BCUT2D eigenvalue weighted by Crippen LogP contribution is 2.52.